The Morgan fingerprint density at radius 1 is 0.947 bits per heavy atom. The predicted octanol–water partition coefficient (Wildman–Crippen LogP) is 4.53. The van der Waals surface area contributed by atoms with Gasteiger partial charge in [-0.25, -0.2) is 0 Å². The van der Waals surface area contributed by atoms with E-state index < -0.39 is 0 Å². The second-order valence-electron chi connectivity index (χ2n) is 5.68. The molecule has 0 spiro atoms. The molecular weight excluding hydrogens is 232 g/mol. The summed E-state index contributed by atoms with van der Waals surface area (Å²) in [6, 6.07) is 16.8. The van der Waals surface area contributed by atoms with Crippen molar-refractivity contribution in [3.63, 3.8) is 0 Å². The van der Waals surface area contributed by atoms with Crippen LogP contribution in [0, 0.1) is 0 Å². The van der Waals surface area contributed by atoms with Crippen molar-refractivity contribution in [2.75, 3.05) is 0 Å². The molecule has 1 heteroatoms. The van der Waals surface area contributed by atoms with Crippen molar-refractivity contribution in [1.29, 1.82) is 0 Å². The Labute approximate surface area is 115 Å². The summed E-state index contributed by atoms with van der Waals surface area (Å²) in [5, 5.41) is 9.23. The smallest absolute Gasteiger partial charge is 0.0682 e. The molecule has 0 radical (unpaired) electrons. The van der Waals surface area contributed by atoms with Crippen LogP contribution in [0.1, 0.15) is 38.3 Å². The van der Waals surface area contributed by atoms with Gasteiger partial charge < -0.3 is 5.11 Å². The van der Waals surface area contributed by atoms with Gasteiger partial charge in [0, 0.05) is 0 Å². The van der Waals surface area contributed by atoms with Gasteiger partial charge in [0.25, 0.3) is 0 Å². The molecule has 1 nitrogen and oxygen atoms in total. The Hall–Kier alpha value is -1.60. The summed E-state index contributed by atoms with van der Waals surface area (Å²) in [5.74, 6) is 0. The van der Waals surface area contributed by atoms with Crippen LogP contribution in [0.15, 0.2) is 48.5 Å². The molecule has 0 aliphatic heterocycles. The van der Waals surface area contributed by atoms with E-state index >= 15 is 0 Å². The molecule has 0 aromatic heterocycles. The molecule has 0 saturated carbocycles. The van der Waals surface area contributed by atoms with E-state index in [1.807, 2.05) is 12.1 Å². The number of aliphatic hydroxyl groups is 1. The molecule has 100 valence electrons. The van der Waals surface area contributed by atoms with Crippen molar-refractivity contribution in [2.24, 2.45) is 0 Å². The van der Waals surface area contributed by atoms with E-state index in [4.69, 9.17) is 0 Å². The molecule has 0 heterocycles. The number of hydrogen-bond donors (Lipinski definition) is 1. The molecule has 2 aromatic rings. The SMILES string of the molecule is CCC(C)(C)c1cccc(-c2cccc(CO)c2)c1. The molecule has 0 unspecified atom stereocenters. The Kier molecular flexibility index (Phi) is 4.06. The summed E-state index contributed by atoms with van der Waals surface area (Å²) in [5.41, 5.74) is 4.90. The highest BCUT2D eigenvalue weighted by molar-refractivity contribution is 5.65. The fourth-order valence-electron chi connectivity index (χ4n) is 2.17. The second-order valence-corrected chi connectivity index (χ2v) is 5.68. The third-order valence-corrected chi connectivity index (χ3v) is 3.97. The number of benzene rings is 2. The van der Waals surface area contributed by atoms with Gasteiger partial charge in [-0.1, -0.05) is 63.2 Å². The molecule has 0 aliphatic carbocycles. The lowest BCUT2D eigenvalue weighted by Crippen LogP contribution is -2.15. The maximum Gasteiger partial charge on any atom is 0.0682 e. The van der Waals surface area contributed by atoms with E-state index in [1.54, 1.807) is 0 Å². The zero-order chi connectivity index (χ0) is 13.9. The first-order chi connectivity index (χ1) is 9.06. The highest BCUT2D eigenvalue weighted by Crippen LogP contribution is 2.30. The molecule has 19 heavy (non-hydrogen) atoms. The van der Waals surface area contributed by atoms with Crippen molar-refractivity contribution in [2.45, 2.75) is 39.2 Å². The van der Waals surface area contributed by atoms with E-state index in [-0.39, 0.29) is 12.0 Å². The summed E-state index contributed by atoms with van der Waals surface area (Å²) < 4.78 is 0. The van der Waals surface area contributed by atoms with Crippen molar-refractivity contribution >= 4 is 0 Å². The second kappa shape index (κ2) is 5.58. The van der Waals surface area contributed by atoms with E-state index in [0.29, 0.717) is 0 Å². The first kappa shape index (κ1) is 13.8. The summed E-state index contributed by atoms with van der Waals surface area (Å²) >= 11 is 0. The van der Waals surface area contributed by atoms with E-state index in [0.717, 1.165) is 12.0 Å². The molecule has 0 saturated heterocycles. The predicted molar refractivity (Wildman–Crippen MR) is 81.1 cm³/mol. The first-order valence-electron chi connectivity index (χ1n) is 6.87. The van der Waals surface area contributed by atoms with Crippen LogP contribution >= 0.6 is 0 Å². The van der Waals surface area contributed by atoms with Gasteiger partial charge in [0.05, 0.1) is 6.61 Å². The largest absolute Gasteiger partial charge is 0.392 e. The molecule has 0 fully saturated rings. The summed E-state index contributed by atoms with van der Waals surface area (Å²) in [4.78, 5) is 0. The lowest BCUT2D eigenvalue weighted by Gasteiger charge is -2.24. The number of rotatable bonds is 4. The zero-order valence-electron chi connectivity index (χ0n) is 12.0. The van der Waals surface area contributed by atoms with E-state index in [1.165, 1.54) is 16.7 Å². The highest BCUT2D eigenvalue weighted by Gasteiger charge is 2.18. The van der Waals surface area contributed by atoms with Crippen LogP contribution in [0.4, 0.5) is 0 Å². The van der Waals surface area contributed by atoms with Gasteiger partial charge in [0.2, 0.25) is 0 Å². The zero-order valence-corrected chi connectivity index (χ0v) is 12.0. The topological polar surface area (TPSA) is 20.2 Å². The van der Waals surface area contributed by atoms with Crippen LogP contribution in [0.25, 0.3) is 11.1 Å². The summed E-state index contributed by atoms with van der Waals surface area (Å²) in [7, 11) is 0. The Bertz CT molecular complexity index is 555. The third kappa shape index (κ3) is 3.05. The maximum absolute atomic E-state index is 9.23. The monoisotopic (exact) mass is 254 g/mol. The molecule has 2 aromatic carbocycles. The minimum Gasteiger partial charge on any atom is -0.392 e. The fraction of sp³-hybridized carbons (Fsp3) is 0.333. The van der Waals surface area contributed by atoms with Gasteiger partial charge in [-0.15, -0.1) is 0 Å². The van der Waals surface area contributed by atoms with Crippen molar-refractivity contribution in [3.05, 3.63) is 59.7 Å². The summed E-state index contributed by atoms with van der Waals surface area (Å²) in [6.07, 6.45) is 1.12. The minimum absolute atomic E-state index is 0.0913. The lowest BCUT2D eigenvalue weighted by atomic mass is 9.81. The average Bonchev–Trinajstić information content (AvgIpc) is 2.47. The molecule has 1 N–H and O–H groups in total. The first-order valence-corrected chi connectivity index (χ1v) is 6.87. The van der Waals surface area contributed by atoms with Crippen LogP contribution in [0.3, 0.4) is 0 Å². The van der Waals surface area contributed by atoms with Crippen LogP contribution in [0.2, 0.25) is 0 Å². The van der Waals surface area contributed by atoms with Crippen LogP contribution in [0.5, 0.6) is 0 Å². The lowest BCUT2D eigenvalue weighted by molar-refractivity contribution is 0.282. The van der Waals surface area contributed by atoms with Gasteiger partial charge in [-0.2, -0.15) is 0 Å². The van der Waals surface area contributed by atoms with Crippen molar-refractivity contribution in [3.8, 4) is 11.1 Å². The van der Waals surface area contributed by atoms with E-state index in [9.17, 15) is 5.11 Å². The quantitative estimate of drug-likeness (QED) is 0.849. The van der Waals surface area contributed by atoms with Crippen LogP contribution in [-0.4, -0.2) is 5.11 Å². The van der Waals surface area contributed by atoms with Crippen LogP contribution in [-0.2, 0) is 12.0 Å². The third-order valence-electron chi connectivity index (χ3n) is 3.97. The Morgan fingerprint density at radius 2 is 1.58 bits per heavy atom. The van der Waals surface area contributed by atoms with Gasteiger partial charge in [0.1, 0.15) is 0 Å². The normalized spacial score (nSPS) is 11.6. The molecular formula is C18H22O. The van der Waals surface area contributed by atoms with Gasteiger partial charge in [-0.3, -0.25) is 0 Å². The molecule has 0 amide bonds. The van der Waals surface area contributed by atoms with Crippen molar-refractivity contribution in [1.82, 2.24) is 0 Å². The number of hydrogen-bond acceptors (Lipinski definition) is 1. The van der Waals surface area contributed by atoms with Crippen LogP contribution < -0.4 is 0 Å². The Morgan fingerprint density at radius 3 is 2.21 bits per heavy atom. The number of aliphatic hydroxyl groups excluding tert-OH is 1. The standard InChI is InChI=1S/C18H22O/c1-4-18(2,3)17-10-6-9-16(12-17)15-8-5-7-14(11-15)13-19/h5-12,19H,4,13H2,1-3H3. The molecule has 0 atom stereocenters. The van der Waals surface area contributed by atoms with Gasteiger partial charge in [0.15, 0.2) is 0 Å². The molecule has 2 rings (SSSR count). The molecule has 0 aliphatic rings. The Balaban J connectivity index is 2.43. The minimum atomic E-state index is 0.0913. The van der Waals surface area contributed by atoms with Gasteiger partial charge >= 0.3 is 0 Å². The average molecular weight is 254 g/mol. The molecule has 0 bridgehead atoms. The van der Waals surface area contributed by atoms with Crippen molar-refractivity contribution < 1.29 is 5.11 Å². The fourth-order valence-corrected chi connectivity index (χ4v) is 2.17. The summed E-state index contributed by atoms with van der Waals surface area (Å²) in [6.45, 7) is 6.86. The van der Waals surface area contributed by atoms with Gasteiger partial charge in [-0.05, 0) is 40.2 Å². The maximum atomic E-state index is 9.23. The van der Waals surface area contributed by atoms with E-state index in [2.05, 4.69) is 57.2 Å². The highest BCUT2D eigenvalue weighted by atomic mass is 16.3.